The first-order chi connectivity index (χ1) is 31.5. The maximum Gasteiger partial charge on any atom is 2.00 e. The van der Waals surface area contributed by atoms with E-state index >= 15 is 0 Å². The fraction of sp³-hybridized carbons (Fsp3) is 0.222. The molecule has 0 spiro atoms. The van der Waals surface area contributed by atoms with Gasteiger partial charge in [0.2, 0.25) is 0 Å². The van der Waals surface area contributed by atoms with Crippen LogP contribution < -0.4 is 19.3 Å². The molecule has 2 unspecified atom stereocenters. The molecule has 0 radical (unpaired) electrons. The molecule has 8 nitrogen and oxygen atoms in total. The summed E-state index contributed by atoms with van der Waals surface area (Å²) in [7, 11) is 6.86. The van der Waals surface area contributed by atoms with Crippen LogP contribution in [0.15, 0.2) is 148 Å². The van der Waals surface area contributed by atoms with Gasteiger partial charge in [0.1, 0.15) is 23.6 Å². The molecule has 2 atom stereocenters. The first kappa shape index (κ1) is 53.5. The molecule has 66 heavy (non-hydrogen) atoms. The normalized spacial score (nSPS) is 14.9. The molecule has 8 rings (SSSR count). The van der Waals surface area contributed by atoms with Crippen molar-refractivity contribution in [3.8, 4) is 11.5 Å². The Kier molecular flexibility index (Phi) is 20.8. The van der Waals surface area contributed by atoms with Crippen LogP contribution in [0, 0.1) is 13.8 Å². The third-order valence-electron chi connectivity index (χ3n) is 10.8. The summed E-state index contributed by atoms with van der Waals surface area (Å²) in [6, 6.07) is 41.8. The van der Waals surface area contributed by atoms with Gasteiger partial charge in [-0.15, -0.1) is 0 Å². The van der Waals surface area contributed by atoms with Crippen LogP contribution in [0.3, 0.4) is 0 Å². The molecule has 2 aliphatic heterocycles. The average Bonchev–Trinajstić information content (AvgIpc) is 3.50. The minimum Gasteiger partial charge on any atom is -0.497 e. The van der Waals surface area contributed by atoms with E-state index in [1.807, 2.05) is 103 Å². The molecule has 6 aromatic carbocycles. The Bertz CT molecular complexity index is 2640. The molecule has 0 saturated carbocycles. The topological polar surface area (TPSA) is 83.8 Å². The van der Waals surface area contributed by atoms with E-state index in [2.05, 4.69) is 54.9 Å². The van der Waals surface area contributed by atoms with Crippen molar-refractivity contribution in [2.75, 3.05) is 38.1 Å². The number of ether oxygens (including phenoxy) is 2. The van der Waals surface area contributed by atoms with Crippen LogP contribution in [0.2, 0.25) is 10.0 Å². The third-order valence-corrected chi connectivity index (χ3v) is 11.8. The van der Waals surface area contributed by atoms with Gasteiger partial charge in [-0.05, 0) is 120 Å². The van der Waals surface area contributed by atoms with E-state index in [1.165, 1.54) is 5.56 Å². The van der Waals surface area contributed by atoms with E-state index in [0.29, 0.717) is 22.9 Å². The molecule has 2 amide bonds. The smallest absolute Gasteiger partial charge is 0.497 e. The number of carbonyl (C=O) groups excluding carboxylic acids is 2. The molecule has 2 aliphatic rings. The first-order valence-corrected chi connectivity index (χ1v) is 22.8. The number of amides is 2. The predicted octanol–water partition coefficient (Wildman–Crippen LogP) is 12.6. The van der Waals surface area contributed by atoms with Crippen LogP contribution in [-0.2, 0) is 48.3 Å². The number of fused-ring (bicyclic) bond motifs is 2. The molecule has 6 aromatic rings. The van der Waals surface area contributed by atoms with Crippen molar-refractivity contribution >= 4 is 73.7 Å². The van der Waals surface area contributed by atoms with E-state index in [1.54, 1.807) is 64.1 Å². The second-order valence-electron chi connectivity index (χ2n) is 14.8. The fourth-order valence-corrected chi connectivity index (χ4v) is 8.33. The van der Waals surface area contributed by atoms with Crippen molar-refractivity contribution in [3.05, 3.63) is 201 Å². The Morgan fingerprint density at radius 1 is 0.576 bits per heavy atom. The minimum absolute atomic E-state index is 0. The number of benzodiazepines with no additional fused rings is 2. The molecule has 0 aliphatic carbocycles. The van der Waals surface area contributed by atoms with E-state index in [-0.39, 0.29) is 31.3 Å². The van der Waals surface area contributed by atoms with Crippen LogP contribution >= 0.6 is 39.1 Å². The number of carbonyl (C=O) groups is 2. The largest absolute Gasteiger partial charge is 2.00 e. The second-order valence-corrected chi connectivity index (χ2v) is 16.6. The molecule has 0 bridgehead atoms. The Hall–Kier alpha value is -5.12. The monoisotopic (exact) mass is 1040 g/mol. The third kappa shape index (κ3) is 13.1. The molecule has 0 fully saturated rings. The summed E-state index contributed by atoms with van der Waals surface area (Å²) in [4.78, 5) is 40.0. The number of methoxy groups -OCH3 is 2. The van der Waals surface area contributed by atoms with Gasteiger partial charge < -0.3 is 33.1 Å². The van der Waals surface area contributed by atoms with Crippen molar-refractivity contribution in [1.29, 1.82) is 0 Å². The van der Waals surface area contributed by atoms with E-state index in [0.717, 1.165) is 78.6 Å². The molecule has 12 heteroatoms. The molecule has 338 valence electrons. The van der Waals surface area contributed by atoms with Crippen molar-refractivity contribution in [2.24, 2.45) is 9.98 Å². The van der Waals surface area contributed by atoms with Gasteiger partial charge in [-0.25, -0.2) is 0 Å². The van der Waals surface area contributed by atoms with Gasteiger partial charge in [-0.1, -0.05) is 82.5 Å². The zero-order chi connectivity index (χ0) is 47.2. The Balaban J connectivity index is 0.000000265. The maximum atomic E-state index is 13.4. The van der Waals surface area contributed by atoms with E-state index < -0.39 is 12.1 Å². The number of rotatable bonds is 9. The van der Waals surface area contributed by atoms with E-state index in [4.69, 9.17) is 42.7 Å². The Morgan fingerprint density at radius 3 is 1.36 bits per heavy atom. The Morgan fingerprint density at radius 2 is 0.970 bits per heavy atom. The summed E-state index contributed by atoms with van der Waals surface area (Å²) in [5.41, 5.74) is 9.99. The van der Waals surface area contributed by atoms with Gasteiger partial charge in [-0.2, -0.15) is 13.8 Å². The molecular weight excluding hydrogens is 985 g/mol. The number of hydrogen-bond acceptors (Lipinski definition) is 6. The quantitative estimate of drug-likeness (QED) is 0.107. The van der Waals surface area contributed by atoms with Crippen LogP contribution in [0.25, 0.3) is 0 Å². The summed E-state index contributed by atoms with van der Waals surface area (Å²) in [5, 5.41) is 1.20. The van der Waals surface area contributed by atoms with Gasteiger partial charge in [0, 0.05) is 63.7 Å². The van der Waals surface area contributed by atoms with Gasteiger partial charge in [0.05, 0.1) is 37.0 Å². The molecular formula is C54H55BrCl2N4O4Zn. The summed E-state index contributed by atoms with van der Waals surface area (Å²) in [6.07, 6.45) is 2.00. The summed E-state index contributed by atoms with van der Waals surface area (Å²) >= 11 is 16.2. The van der Waals surface area contributed by atoms with E-state index in [9.17, 15) is 9.59 Å². The number of likely N-dealkylation sites (N-methyl/N-ethyl adjacent to an activating group) is 2. The van der Waals surface area contributed by atoms with Gasteiger partial charge >= 0.3 is 19.5 Å². The minimum atomic E-state index is -0.549. The summed E-state index contributed by atoms with van der Waals surface area (Å²) < 4.78 is 11.6. The van der Waals surface area contributed by atoms with Crippen LogP contribution in [0.4, 0.5) is 11.4 Å². The number of halogens is 3. The SMILES string of the molecule is CCc1cccc(CC2N=C(c3ccc(OC)cc3)c3cc(Cl)ccc3N(C)C2=O)c1.COc1ccc(C2=NC(Cc3cccc(Br)c3)C(=O)N(C)c3ccc(Cl)cc32)cc1.[CH2-]C.[CH2-]C.[Zn+2]. The number of aryl methyl sites for hydroxylation is 1. The van der Waals surface area contributed by atoms with Crippen LogP contribution in [-0.4, -0.2) is 63.6 Å². The zero-order valence-corrected chi connectivity index (χ0v) is 44.7. The number of hydrogen-bond donors (Lipinski definition) is 0. The zero-order valence-electron chi connectivity index (χ0n) is 38.7. The van der Waals surface area contributed by atoms with Crippen molar-refractivity contribution < 1.29 is 38.5 Å². The Labute approximate surface area is 422 Å². The predicted molar refractivity (Wildman–Crippen MR) is 274 cm³/mol. The fourth-order valence-electron chi connectivity index (χ4n) is 7.54. The summed E-state index contributed by atoms with van der Waals surface area (Å²) in [6.45, 7) is 12.1. The van der Waals surface area contributed by atoms with Crippen molar-refractivity contribution in [2.45, 2.75) is 52.1 Å². The number of anilines is 2. The van der Waals surface area contributed by atoms with Gasteiger partial charge in [0.15, 0.2) is 0 Å². The number of benzene rings is 6. The van der Waals surface area contributed by atoms with Gasteiger partial charge in [0.25, 0.3) is 11.8 Å². The van der Waals surface area contributed by atoms with Crippen LogP contribution in [0.5, 0.6) is 11.5 Å². The molecule has 0 aromatic heterocycles. The van der Waals surface area contributed by atoms with Crippen molar-refractivity contribution in [1.82, 2.24) is 0 Å². The number of aliphatic imine (C=N–C) groups is 2. The maximum absolute atomic E-state index is 13.4. The standard InChI is InChI=1S/C26H25ClN2O2.C24H20BrClN2O2.2C2H5.Zn/c1-4-17-6-5-7-18(14-17)15-23-26(30)29(2)24-13-10-20(27)16-22(24)25(28-23)19-8-11-21(31-3)12-9-19;1-28-22-11-8-18(26)14-20(22)23(16-6-9-19(30-2)10-7-16)27-21(24(28)29)13-15-4-3-5-17(25)12-15;2*1-2;/h5-14,16,23H,4,15H2,1-3H3;3-12,14,21H,13H2,1-2H3;2*1H2,2H3;/q;;2*-1;+2. The van der Waals surface area contributed by atoms with Crippen molar-refractivity contribution in [3.63, 3.8) is 0 Å². The van der Waals surface area contributed by atoms with Crippen LogP contribution in [0.1, 0.15) is 59.7 Å². The van der Waals surface area contributed by atoms with Gasteiger partial charge in [-0.3, -0.25) is 19.6 Å². The number of nitrogens with zero attached hydrogens (tertiary/aromatic N) is 4. The second kappa shape index (κ2) is 25.7. The average molecular weight is 1040 g/mol. The molecule has 0 saturated heterocycles. The molecule has 2 heterocycles. The molecule has 0 N–H and O–H groups in total. The first-order valence-electron chi connectivity index (χ1n) is 21.3. The summed E-state index contributed by atoms with van der Waals surface area (Å²) in [5.74, 6) is 1.44.